The summed E-state index contributed by atoms with van der Waals surface area (Å²) in [5.41, 5.74) is 4.23. The first kappa shape index (κ1) is 15.6. The lowest BCUT2D eigenvalue weighted by Crippen LogP contribution is -2.29. The topological polar surface area (TPSA) is 39.3 Å². The number of fused-ring (bicyclic) bond motifs is 1. The standard InChI is InChI=1S/C17H25N3O/c1-12-13(2)18-16-8-7-14(11-15(12)16)17(21)20(5)10-6-9-19(3)4/h7-8,11,18H,6,9-10H2,1-5H3. The molecule has 0 bridgehead atoms. The first-order valence-corrected chi connectivity index (χ1v) is 7.39. The molecule has 0 aliphatic carbocycles. The molecule has 1 aromatic heterocycles. The van der Waals surface area contributed by atoms with E-state index < -0.39 is 0 Å². The van der Waals surface area contributed by atoms with E-state index in [0.717, 1.165) is 41.7 Å². The summed E-state index contributed by atoms with van der Waals surface area (Å²) in [4.78, 5) is 19.8. The van der Waals surface area contributed by atoms with Crippen molar-refractivity contribution < 1.29 is 4.79 Å². The van der Waals surface area contributed by atoms with E-state index in [1.807, 2.05) is 39.3 Å². The van der Waals surface area contributed by atoms with Crippen LogP contribution in [-0.4, -0.2) is 54.9 Å². The summed E-state index contributed by atoms with van der Waals surface area (Å²) < 4.78 is 0. The first-order chi connectivity index (χ1) is 9.90. The smallest absolute Gasteiger partial charge is 0.253 e. The Bertz CT molecular complexity index is 643. The molecular weight excluding hydrogens is 262 g/mol. The fraction of sp³-hybridized carbons (Fsp3) is 0.471. The number of nitrogens with zero attached hydrogens (tertiary/aromatic N) is 2. The summed E-state index contributed by atoms with van der Waals surface area (Å²) in [6.45, 7) is 5.92. The summed E-state index contributed by atoms with van der Waals surface area (Å²) in [5, 5.41) is 1.14. The average molecular weight is 287 g/mol. The molecule has 0 aliphatic heterocycles. The maximum absolute atomic E-state index is 12.5. The zero-order valence-corrected chi connectivity index (χ0v) is 13.7. The second-order valence-corrected chi connectivity index (χ2v) is 6.02. The van der Waals surface area contributed by atoms with Crippen LogP contribution in [0.1, 0.15) is 28.0 Å². The summed E-state index contributed by atoms with van der Waals surface area (Å²) in [6.07, 6.45) is 0.986. The summed E-state index contributed by atoms with van der Waals surface area (Å²) in [6, 6.07) is 5.90. The zero-order chi connectivity index (χ0) is 15.6. The Morgan fingerprint density at radius 1 is 1.14 bits per heavy atom. The van der Waals surface area contributed by atoms with Crippen LogP contribution in [0.25, 0.3) is 10.9 Å². The van der Waals surface area contributed by atoms with Gasteiger partial charge < -0.3 is 14.8 Å². The van der Waals surface area contributed by atoms with E-state index in [9.17, 15) is 4.79 Å². The number of benzene rings is 1. The third-order valence-electron chi connectivity index (χ3n) is 4.00. The SMILES string of the molecule is Cc1[nH]c2ccc(C(=O)N(C)CCCN(C)C)cc2c1C. The molecule has 0 atom stereocenters. The quantitative estimate of drug-likeness (QED) is 0.918. The molecule has 1 N–H and O–H groups in total. The van der Waals surface area contributed by atoms with Crippen molar-refractivity contribution in [2.45, 2.75) is 20.3 Å². The number of amides is 1. The van der Waals surface area contributed by atoms with Crippen LogP contribution in [0, 0.1) is 13.8 Å². The van der Waals surface area contributed by atoms with Gasteiger partial charge in [-0.3, -0.25) is 4.79 Å². The van der Waals surface area contributed by atoms with Gasteiger partial charge in [0.25, 0.3) is 5.91 Å². The van der Waals surface area contributed by atoms with Gasteiger partial charge >= 0.3 is 0 Å². The highest BCUT2D eigenvalue weighted by atomic mass is 16.2. The number of nitrogens with one attached hydrogen (secondary N) is 1. The first-order valence-electron chi connectivity index (χ1n) is 7.39. The maximum atomic E-state index is 12.5. The number of carbonyl (C=O) groups is 1. The highest BCUT2D eigenvalue weighted by Gasteiger charge is 2.13. The molecule has 0 fully saturated rings. The van der Waals surface area contributed by atoms with Crippen molar-refractivity contribution >= 4 is 16.8 Å². The van der Waals surface area contributed by atoms with Crippen molar-refractivity contribution in [3.8, 4) is 0 Å². The number of H-pyrrole nitrogens is 1. The van der Waals surface area contributed by atoms with E-state index in [1.165, 1.54) is 5.56 Å². The molecule has 1 heterocycles. The second kappa shape index (κ2) is 6.31. The van der Waals surface area contributed by atoms with E-state index >= 15 is 0 Å². The predicted molar refractivity (Wildman–Crippen MR) is 87.9 cm³/mol. The Hall–Kier alpha value is -1.81. The number of aromatic nitrogens is 1. The minimum atomic E-state index is 0.0916. The van der Waals surface area contributed by atoms with Crippen LogP contribution in [0.5, 0.6) is 0 Å². The number of aryl methyl sites for hydroxylation is 2. The molecule has 1 aromatic carbocycles. The molecular formula is C17H25N3O. The van der Waals surface area contributed by atoms with E-state index in [2.05, 4.69) is 23.7 Å². The molecule has 0 unspecified atom stereocenters. The fourth-order valence-electron chi connectivity index (χ4n) is 2.54. The molecule has 1 amide bonds. The van der Waals surface area contributed by atoms with Gasteiger partial charge in [0.1, 0.15) is 0 Å². The van der Waals surface area contributed by atoms with E-state index in [1.54, 1.807) is 4.90 Å². The summed E-state index contributed by atoms with van der Waals surface area (Å²) >= 11 is 0. The van der Waals surface area contributed by atoms with Crippen LogP contribution in [0.3, 0.4) is 0 Å². The fourth-order valence-corrected chi connectivity index (χ4v) is 2.54. The lowest BCUT2D eigenvalue weighted by Gasteiger charge is -2.18. The second-order valence-electron chi connectivity index (χ2n) is 6.02. The molecule has 21 heavy (non-hydrogen) atoms. The lowest BCUT2D eigenvalue weighted by molar-refractivity contribution is 0.0791. The molecule has 4 heteroatoms. The van der Waals surface area contributed by atoms with Gasteiger partial charge in [-0.05, 0) is 64.7 Å². The number of rotatable bonds is 5. The minimum absolute atomic E-state index is 0.0916. The Balaban J connectivity index is 2.13. The van der Waals surface area contributed by atoms with Gasteiger partial charge in [0.05, 0.1) is 0 Å². The molecule has 0 radical (unpaired) electrons. The van der Waals surface area contributed by atoms with Crippen molar-refractivity contribution in [3.05, 3.63) is 35.0 Å². The molecule has 0 aliphatic rings. The third kappa shape index (κ3) is 3.45. The van der Waals surface area contributed by atoms with Crippen LogP contribution in [0.2, 0.25) is 0 Å². The number of hydrogen-bond acceptors (Lipinski definition) is 2. The Kier molecular flexibility index (Phi) is 4.68. The van der Waals surface area contributed by atoms with Gasteiger partial charge in [-0.15, -0.1) is 0 Å². The Morgan fingerprint density at radius 3 is 2.52 bits per heavy atom. The molecule has 0 spiro atoms. The normalized spacial score (nSPS) is 11.3. The predicted octanol–water partition coefficient (Wildman–Crippen LogP) is 2.81. The van der Waals surface area contributed by atoms with Gasteiger partial charge in [0.2, 0.25) is 0 Å². The third-order valence-corrected chi connectivity index (χ3v) is 4.00. The Labute approximate surface area is 126 Å². The van der Waals surface area contributed by atoms with Gasteiger partial charge in [0, 0.05) is 35.8 Å². The number of carbonyl (C=O) groups excluding carboxylic acids is 1. The van der Waals surface area contributed by atoms with E-state index in [4.69, 9.17) is 0 Å². The van der Waals surface area contributed by atoms with E-state index in [-0.39, 0.29) is 5.91 Å². The van der Waals surface area contributed by atoms with Crippen LogP contribution in [0.4, 0.5) is 0 Å². The molecule has 0 saturated carbocycles. The van der Waals surface area contributed by atoms with Gasteiger partial charge in [-0.2, -0.15) is 0 Å². The number of hydrogen-bond donors (Lipinski definition) is 1. The van der Waals surface area contributed by atoms with E-state index in [0.29, 0.717) is 0 Å². The van der Waals surface area contributed by atoms with Crippen molar-refractivity contribution in [1.29, 1.82) is 0 Å². The van der Waals surface area contributed by atoms with Gasteiger partial charge in [0.15, 0.2) is 0 Å². The van der Waals surface area contributed by atoms with Crippen molar-refractivity contribution in [1.82, 2.24) is 14.8 Å². The van der Waals surface area contributed by atoms with Crippen LogP contribution < -0.4 is 0 Å². The van der Waals surface area contributed by atoms with Crippen LogP contribution in [0.15, 0.2) is 18.2 Å². The minimum Gasteiger partial charge on any atom is -0.358 e. The zero-order valence-electron chi connectivity index (χ0n) is 13.7. The summed E-state index contributed by atoms with van der Waals surface area (Å²) in [7, 11) is 5.97. The lowest BCUT2D eigenvalue weighted by atomic mass is 10.1. The number of aromatic amines is 1. The maximum Gasteiger partial charge on any atom is 0.253 e. The van der Waals surface area contributed by atoms with Gasteiger partial charge in [-0.25, -0.2) is 0 Å². The highest BCUT2D eigenvalue weighted by molar-refractivity contribution is 5.98. The average Bonchev–Trinajstić information content (AvgIpc) is 2.72. The monoisotopic (exact) mass is 287 g/mol. The van der Waals surface area contributed by atoms with Crippen LogP contribution in [-0.2, 0) is 0 Å². The molecule has 2 aromatic rings. The Morgan fingerprint density at radius 2 is 1.86 bits per heavy atom. The summed E-state index contributed by atoms with van der Waals surface area (Å²) in [5.74, 6) is 0.0916. The molecule has 0 saturated heterocycles. The van der Waals surface area contributed by atoms with Crippen molar-refractivity contribution in [3.63, 3.8) is 0 Å². The molecule has 4 nitrogen and oxygen atoms in total. The molecule has 114 valence electrons. The largest absolute Gasteiger partial charge is 0.358 e. The highest BCUT2D eigenvalue weighted by Crippen LogP contribution is 2.22. The van der Waals surface area contributed by atoms with Crippen LogP contribution >= 0.6 is 0 Å². The van der Waals surface area contributed by atoms with Crippen molar-refractivity contribution in [2.75, 3.05) is 34.2 Å². The molecule has 2 rings (SSSR count). The van der Waals surface area contributed by atoms with Gasteiger partial charge in [-0.1, -0.05) is 0 Å². The van der Waals surface area contributed by atoms with Crippen molar-refractivity contribution in [2.24, 2.45) is 0 Å².